The second-order valence-corrected chi connectivity index (χ2v) is 22.3. The van der Waals surface area contributed by atoms with Crippen molar-refractivity contribution in [2.45, 2.75) is 102 Å². The van der Waals surface area contributed by atoms with Crippen LogP contribution < -0.4 is 43.4 Å². The number of aliphatic imine (C=N–C) groups is 1. The van der Waals surface area contributed by atoms with Gasteiger partial charge >= 0.3 is 5.97 Å². The van der Waals surface area contributed by atoms with Gasteiger partial charge in [0.05, 0.1) is 49.0 Å². The molecular weight excluding hydrogens is 1090 g/mol. The number of carbonyl (C=O) groups is 11. The van der Waals surface area contributed by atoms with Crippen LogP contribution in [0.1, 0.15) is 82.3 Å². The van der Waals surface area contributed by atoms with Crippen LogP contribution in [0.4, 0.5) is 4.39 Å². The third-order valence-electron chi connectivity index (χ3n) is 12.5. The lowest BCUT2D eigenvalue weighted by atomic mass is 9.90. The highest BCUT2D eigenvalue weighted by Crippen LogP contribution is 2.27. The van der Waals surface area contributed by atoms with Gasteiger partial charge in [-0.1, -0.05) is 76.1 Å². The Morgan fingerprint density at radius 3 is 2.09 bits per heavy atom. The zero-order chi connectivity index (χ0) is 57.7. The number of nitrogens with two attached hydrogens (primary N) is 2. The molecule has 0 spiro atoms. The number of benzene rings is 2. The summed E-state index contributed by atoms with van der Waals surface area (Å²) in [6.07, 6.45) is -0.222. The minimum absolute atomic E-state index is 0.00535. The average Bonchev–Trinajstić information content (AvgIpc) is 3.41. The minimum Gasteiger partial charge on any atom is -0.481 e. The summed E-state index contributed by atoms with van der Waals surface area (Å²) in [5.41, 5.74) is 12.2. The molecule has 11 N–H and O–H groups in total. The fourth-order valence-corrected chi connectivity index (χ4v) is 11.5. The van der Waals surface area contributed by atoms with E-state index in [-0.39, 0.29) is 86.4 Å². The lowest BCUT2D eigenvalue weighted by Gasteiger charge is -2.26. The van der Waals surface area contributed by atoms with Gasteiger partial charge in [-0.15, -0.1) is 11.8 Å². The Morgan fingerprint density at radius 1 is 0.772 bits per heavy atom. The van der Waals surface area contributed by atoms with Gasteiger partial charge in [0.1, 0.15) is 11.9 Å². The summed E-state index contributed by atoms with van der Waals surface area (Å²) in [6.45, 7) is 0.723. The standard InChI is InChI=1S/C52H69FN10O13S3/c1-2-42(65)39-27-77-30-46(69)60-38(12-6-7-17-56-45(68)26-76-59-24-32-13-15-36(53)16-14-32)51(75)63-41-29-79-78-28-40(44(67)22-34(49(73)61-39)19-31-9-4-3-5-10-31)62-50(74)35(23-47(70)71)20-37(64)25-58-48(72)33(21-43(41)66)11-8-18-57-52(54)55/h3-5,9-10,13-16,24,33-35,38-41H,2,6-8,11-12,17-23,25-30H2,1H3,(H,56,68)(H,58,72)(H,60,69)(H,61,73)(H,62,74)(H,63,75)(H,70,71)(H4,54,55,57)/b59-24+/t33-,34-,35+,38+,39+,40+,41+/m1/s1. The fraction of sp³-hybridized carbons (Fsp3) is 0.519. The van der Waals surface area contributed by atoms with Gasteiger partial charge < -0.3 is 53.3 Å². The van der Waals surface area contributed by atoms with E-state index in [1.807, 2.05) is 0 Å². The second-order valence-electron chi connectivity index (χ2n) is 18.7. The molecule has 0 unspecified atom stereocenters. The van der Waals surface area contributed by atoms with Crippen LogP contribution in [0, 0.1) is 23.6 Å². The topological polar surface area (TPSA) is 366 Å². The number of guanidine groups is 1. The quantitative estimate of drug-likeness (QED) is 0.0313. The number of halogens is 1. The number of rotatable bonds is 19. The van der Waals surface area contributed by atoms with Gasteiger partial charge in [-0.2, -0.15) is 0 Å². The number of amides is 6. The summed E-state index contributed by atoms with van der Waals surface area (Å²) in [7, 11) is 2.04. The molecule has 27 heteroatoms. The van der Waals surface area contributed by atoms with Crippen molar-refractivity contribution in [3.05, 3.63) is 71.5 Å². The molecular formula is C52H69FN10O13S3. The van der Waals surface area contributed by atoms with Crippen LogP contribution in [0.2, 0.25) is 0 Å². The molecule has 4 rings (SSSR count). The number of hydrogen-bond donors (Lipinski definition) is 9. The fourth-order valence-electron chi connectivity index (χ4n) is 8.19. The van der Waals surface area contributed by atoms with Crippen LogP contribution >= 0.6 is 33.3 Å². The zero-order valence-corrected chi connectivity index (χ0v) is 46.2. The molecule has 2 aromatic carbocycles. The summed E-state index contributed by atoms with van der Waals surface area (Å²) in [6, 6.07) is 9.10. The van der Waals surface area contributed by atoms with Crippen LogP contribution in [-0.2, 0) is 64.0 Å². The van der Waals surface area contributed by atoms with Crippen molar-refractivity contribution in [1.82, 2.24) is 31.9 Å². The maximum atomic E-state index is 14.5. The molecule has 0 radical (unpaired) electrons. The number of Topliss-reactive ketones (excluding diaryl/α,β-unsaturated/α-hetero) is 4. The van der Waals surface area contributed by atoms with Crippen LogP contribution in [0.25, 0.3) is 0 Å². The molecule has 2 fully saturated rings. The van der Waals surface area contributed by atoms with Crippen molar-refractivity contribution >= 4 is 110 Å². The Morgan fingerprint density at radius 2 is 1.43 bits per heavy atom. The first-order chi connectivity index (χ1) is 37.8. The Labute approximate surface area is 468 Å². The highest BCUT2D eigenvalue weighted by molar-refractivity contribution is 8.76. The minimum atomic E-state index is -1.49. The van der Waals surface area contributed by atoms with E-state index >= 15 is 0 Å². The Balaban J connectivity index is 1.68. The van der Waals surface area contributed by atoms with Crippen molar-refractivity contribution in [3.63, 3.8) is 0 Å². The Bertz CT molecular complexity index is 2510. The molecule has 2 aliphatic rings. The summed E-state index contributed by atoms with van der Waals surface area (Å²) in [5.74, 6) is -13.1. The highest BCUT2D eigenvalue weighted by Gasteiger charge is 2.35. The average molecular weight is 1160 g/mol. The number of nitrogens with zero attached hydrogens (tertiary/aromatic N) is 2. The summed E-state index contributed by atoms with van der Waals surface area (Å²) in [5, 5.41) is 29.5. The van der Waals surface area contributed by atoms with E-state index in [1.165, 1.54) is 30.5 Å². The third-order valence-corrected chi connectivity index (χ3v) is 15.9. The number of thioether (sulfide) groups is 1. The van der Waals surface area contributed by atoms with Gasteiger partial charge in [0.15, 0.2) is 35.7 Å². The lowest BCUT2D eigenvalue weighted by molar-refractivity contribution is -0.142. The molecule has 79 heavy (non-hydrogen) atoms. The van der Waals surface area contributed by atoms with Gasteiger partial charge in [0.2, 0.25) is 29.5 Å². The zero-order valence-electron chi connectivity index (χ0n) is 43.7. The van der Waals surface area contributed by atoms with Crippen LogP contribution in [-0.4, -0.2) is 155 Å². The van der Waals surface area contributed by atoms with E-state index in [0.717, 1.165) is 33.3 Å². The van der Waals surface area contributed by atoms with Gasteiger partial charge in [0.25, 0.3) is 5.91 Å². The predicted octanol–water partition coefficient (Wildman–Crippen LogP) is 1.14. The van der Waals surface area contributed by atoms with E-state index in [2.05, 4.69) is 42.0 Å². The van der Waals surface area contributed by atoms with Crippen molar-refractivity contribution in [2.75, 3.05) is 49.3 Å². The third kappa shape index (κ3) is 24.8. The maximum absolute atomic E-state index is 14.5. The van der Waals surface area contributed by atoms with Crippen molar-refractivity contribution in [3.8, 4) is 0 Å². The summed E-state index contributed by atoms with van der Waals surface area (Å²) in [4.78, 5) is 159. The smallest absolute Gasteiger partial charge is 0.304 e. The van der Waals surface area contributed by atoms with E-state index in [9.17, 15) is 62.2 Å². The molecule has 2 aliphatic heterocycles. The summed E-state index contributed by atoms with van der Waals surface area (Å²) >= 11 is 1.00. The first-order valence-corrected chi connectivity index (χ1v) is 29.3. The summed E-state index contributed by atoms with van der Waals surface area (Å²) < 4.78 is 13.2. The van der Waals surface area contributed by atoms with Gasteiger partial charge in [-0.3, -0.25) is 57.7 Å². The molecule has 2 heterocycles. The van der Waals surface area contributed by atoms with E-state index in [4.69, 9.17) is 16.3 Å². The number of aliphatic carboxylic acids is 1. The number of carboxylic acid groups (broad SMARTS) is 1. The molecule has 0 aliphatic carbocycles. The first-order valence-electron chi connectivity index (χ1n) is 25.7. The van der Waals surface area contributed by atoms with E-state index in [1.54, 1.807) is 37.3 Å². The van der Waals surface area contributed by atoms with Crippen molar-refractivity contribution in [1.29, 1.82) is 0 Å². The van der Waals surface area contributed by atoms with E-state index < -0.39 is 145 Å². The molecule has 6 amide bonds. The number of carboxylic acids is 1. The lowest BCUT2D eigenvalue weighted by Crippen LogP contribution is -2.53. The second kappa shape index (κ2) is 34.9. The predicted molar refractivity (Wildman–Crippen MR) is 297 cm³/mol. The van der Waals surface area contributed by atoms with Gasteiger partial charge in [-0.05, 0) is 61.8 Å². The van der Waals surface area contributed by atoms with Crippen molar-refractivity contribution < 1.29 is 67.1 Å². The van der Waals surface area contributed by atoms with Crippen molar-refractivity contribution in [2.24, 2.45) is 39.4 Å². The SMILES string of the molecule is CCC(=O)[C@@H]1CSCC(=O)N[C@@H](CCCCNC(=O)CO/N=C/c2ccc(F)cc2)C(=O)N[C@H]2CSSC[C@H](NC(=O)[C@H](CC(=O)O)CC(=O)CNC(=O)[C@H](CCCN=C(N)N)CC2=O)C(=O)C[C@@H](Cc2ccccc2)C(=O)N1. The van der Waals surface area contributed by atoms with Crippen LogP contribution in [0.5, 0.6) is 0 Å². The number of unbranched alkanes of at least 4 members (excludes halogenated alkanes) is 1. The monoisotopic (exact) mass is 1160 g/mol. The highest BCUT2D eigenvalue weighted by atomic mass is 33.1. The Kier molecular flexibility index (Phi) is 28.6. The number of ketones is 4. The maximum Gasteiger partial charge on any atom is 0.304 e. The molecule has 2 saturated heterocycles. The number of fused-ring (bicyclic) bond motifs is 5. The van der Waals surface area contributed by atoms with Gasteiger partial charge in [-0.25, -0.2) is 4.39 Å². The van der Waals surface area contributed by atoms with Crippen LogP contribution in [0.15, 0.2) is 64.7 Å². The molecule has 7 atom stereocenters. The van der Waals surface area contributed by atoms with Gasteiger partial charge in [0, 0.05) is 67.9 Å². The molecule has 2 aromatic rings. The normalized spacial score (nSPS) is 22.9. The molecule has 0 aromatic heterocycles. The number of oxime groups is 1. The van der Waals surface area contributed by atoms with E-state index in [0.29, 0.717) is 17.5 Å². The number of carbonyl (C=O) groups excluding carboxylic acids is 10. The molecule has 2 bridgehead atoms. The van der Waals surface area contributed by atoms with Crippen LogP contribution in [0.3, 0.4) is 0 Å². The molecule has 430 valence electrons. The molecule has 23 nitrogen and oxygen atoms in total. The Hall–Kier alpha value is -6.87. The largest absolute Gasteiger partial charge is 0.481 e. The molecule has 0 saturated carbocycles. The first kappa shape index (κ1) is 64.7. The number of hydrogen-bond acceptors (Lipinski definition) is 17. The number of nitrogens with one attached hydrogen (secondary N) is 6.